The van der Waals surface area contributed by atoms with E-state index in [1.165, 1.54) is 28.5 Å². The molecule has 1 N–H and O–H groups in total. The van der Waals surface area contributed by atoms with Gasteiger partial charge in [-0.1, -0.05) is 85.3 Å². The van der Waals surface area contributed by atoms with Gasteiger partial charge in [0.25, 0.3) is 0 Å². The second-order valence-electron chi connectivity index (χ2n) is 8.61. The molecule has 1 aromatic heterocycles. The van der Waals surface area contributed by atoms with Gasteiger partial charge in [-0.2, -0.15) is 0 Å². The van der Waals surface area contributed by atoms with E-state index in [-0.39, 0.29) is 11.7 Å². The molecule has 1 atom stereocenters. The fourth-order valence-corrected chi connectivity index (χ4v) is 4.39. The number of rotatable bonds is 8. The van der Waals surface area contributed by atoms with E-state index in [0.29, 0.717) is 11.1 Å². The van der Waals surface area contributed by atoms with Crippen LogP contribution in [-0.2, 0) is 4.79 Å². The van der Waals surface area contributed by atoms with E-state index in [1.54, 1.807) is 0 Å². The van der Waals surface area contributed by atoms with Gasteiger partial charge in [0, 0.05) is 16.9 Å². The molecule has 0 bridgehead atoms. The van der Waals surface area contributed by atoms with Crippen LogP contribution in [0, 0.1) is 13.8 Å². The number of carbonyl (C=O) groups excluding carboxylic acids is 1. The van der Waals surface area contributed by atoms with E-state index in [1.807, 2.05) is 28.8 Å². The first-order valence-corrected chi connectivity index (χ1v) is 12.5. The summed E-state index contributed by atoms with van der Waals surface area (Å²) in [5, 5.41) is 12.6. The summed E-state index contributed by atoms with van der Waals surface area (Å²) in [6.07, 6.45) is 1.09. The summed E-state index contributed by atoms with van der Waals surface area (Å²) in [7, 11) is 0. The predicted octanol–water partition coefficient (Wildman–Crippen LogP) is 6.80. The van der Waals surface area contributed by atoms with Crippen molar-refractivity contribution >= 4 is 23.4 Å². The third-order valence-electron chi connectivity index (χ3n) is 5.94. The molecule has 0 radical (unpaired) electrons. The van der Waals surface area contributed by atoms with Crippen molar-refractivity contribution in [1.82, 2.24) is 14.8 Å². The number of nitrogens with one attached hydrogen (secondary N) is 1. The van der Waals surface area contributed by atoms with Crippen molar-refractivity contribution in [1.29, 1.82) is 0 Å². The quantitative estimate of drug-likeness (QED) is 0.288. The van der Waals surface area contributed by atoms with Gasteiger partial charge >= 0.3 is 0 Å². The molecule has 174 valence electrons. The molecule has 4 rings (SSSR count). The lowest BCUT2D eigenvalue weighted by atomic mass is 9.99. The molecule has 0 saturated carbocycles. The van der Waals surface area contributed by atoms with Crippen LogP contribution in [0.1, 0.15) is 42.9 Å². The highest BCUT2D eigenvalue weighted by atomic mass is 32.2. The summed E-state index contributed by atoms with van der Waals surface area (Å²) >= 11 is 1.38. The zero-order chi connectivity index (χ0) is 24.1. The number of hydrogen-bond donors (Lipinski definition) is 1. The maximum absolute atomic E-state index is 12.7. The van der Waals surface area contributed by atoms with Crippen LogP contribution in [0.4, 0.5) is 5.69 Å². The first-order valence-electron chi connectivity index (χ1n) is 11.6. The third-order valence-corrected chi connectivity index (χ3v) is 6.87. The zero-order valence-electron chi connectivity index (χ0n) is 20.1. The second-order valence-corrected chi connectivity index (χ2v) is 9.55. The molecule has 0 fully saturated rings. The Bertz CT molecular complexity index is 1250. The van der Waals surface area contributed by atoms with Gasteiger partial charge < -0.3 is 5.32 Å². The molecule has 0 aliphatic rings. The van der Waals surface area contributed by atoms with Gasteiger partial charge in [-0.15, -0.1) is 10.2 Å². The first kappa shape index (κ1) is 23.8. The number of hydrogen-bond acceptors (Lipinski definition) is 4. The van der Waals surface area contributed by atoms with E-state index in [0.717, 1.165) is 29.2 Å². The van der Waals surface area contributed by atoms with E-state index in [9.17, 15) is 4.79 Å². The summed E-state index contributed by atoms with van der Waals surface area (Å²) in [4.78, 5) is 12.7. The molecule has 0 spiro atoms. The Kier molecular flexibility index (Phi) is 7.48. The number of thioether (sulfide) groups is 1. The smallest absolute Gasteiger partial charge is 0.234 e. The van der Waals surface area contributed by atoms with Gasteiger partial charge in [0.1, 0.15) is 0 Å². The predicted molar refractivity (Wildman–Crippen MR) is 141 cm³/mol. The normalized spacial score (nSPS) is 11.9. The Labute approximate surface area is 205 Å². The standard InChI is InChI=1S/C28H30N4OS/c1-5-21(4)22-12-14-24(15-13-22)29-26(33)18-34-28-31-30-27(23-10-6-19(2)7-11-23)32(28)25-16-8-20(3)9-17-25/h6-17,21H,5,18H2,1-4H3,(H,29,33). The fraction of sp³-hybridized carbons (Fsp3) is 0.250. The Morgan fingerprint density at radius 3 is 2.15 bits per heavy atom. The minimum atomic E-state index is -0.0726. The molecule has 1 unspecified atom stereocenters. The Balaban J connectivity index is 1.53. The van der Waals surface area contributed by atoms with Crippen LogP contribution in [0.2, 0.25) is 0 Å². The van der Waals surface area contributed by atoms with Gasteiger partial charge in [-0.3, -0.25) is 9.36 Å². The van der Waals surface area contributed by atoms with Crippen LogP contribution in [-0.4, -0.2) is 26.4 Å². The largest absolute Gasteiger partial charge is 0.325 e. The minimum absolute atomic E-state index is 0.0726. The van der Waals surface area contributed by atoms with Crippen LogP contribution in [0.15, 0.2) is 78.0 Å². The van der Waals surface area contributed by atoms with Gasteiger partial charge in [0.2, 0.25) is 5.91 Å². The Hall–Kier alpha value is -3.38. The third kappa shape index (κ3) is 5.57. The molecule has 0 aliphatic heterocycles. The molecule has 0 saturated heterocycles. The maximum Gasteiger partial charge on any atom is 0.234 e. The summed E-state index contributed by atoms with van der Waals surface area (Å²) in [5.41, 5.74) is 6.41. The van der Waals surface area contributed by atoms with Gasteiger partial charge in [-0.25, -0.2) is 0 Å². The molecule has 5 nitrogen and oxygen atoms in total. The van der Waals surface area contributed by atoms with Crippen LogP contribution in [0.5, 0.6) is 0 Å². The summed E-state index contributed by atoms with van der Waals surface area (Å²) in [5.74, 6) is 1.44. The van der Waals surface area contributed by atoms with E-state index < -0.39 is 0 Å². The molecule has 6 heteroatoms. The van der Waals surface area contributed by atoms with Gasteiger partial charge in [0.05, 0.1) is 5.75 Å². The van der Waals surface area contributed by atoms with Crippen molar-refractivity contribution in [2.24, 2.45) is 0 Å². The van der Waals surface area contributed by atoms with Crippen molar-refractivity contribution in [2.45, 2.75) is 45.2 Å². The Morgan fingerprint density at radius 2 is 1.53 bits per heavy atom. The van der Waals surface area contributed by atoms with Crippen LogP contribution >= 0.6 is 11.8 Å². The van der Waals surface area contributed by atoms with Crippen molar-refractivity contribution in [3.63, 3.8) is 0 Å². The zero-order valence-corrected chi connectivity index (χ0v) is 20.9. The fourth-order valence-electron chi connectivity index (χ4n) is 3.64. The number of anilines is 1. The first-order chi connectivity index (χ1) is 16.4. The van der Waals surface area contributed by atoms with E-state index >= 15 is 0 Å². The molecular formula is C28H30N4OS. The van der Waals surface area contributed by atoms with E-state index in [2.05, 4.69) is 91.7 Å². The lowest BCUT2D eigenvalue weighted by Crippen LogP contribution is -2.14. The monoisotopic (exact) mass is 470 g/mol. The van der Waals surface area contributed by atoms with Crippen LogP contribution in [0.25, 0.3) is 17.1 Å². The highest BCUT2D eigenvalue weighted by Gasteiger charge is 2.17. The number of aromatic nitrogens is 3. The average Bonchev–Trinajstić information content (AvgIpc) is 3.27. The van der Waals surface area contributed by atoms with Crippen molar-refractivity contribution in [3.8, 4) is 17.1 Å². The van der Waals surface area contributed by atoms with Crippen LogP contribution < -0.4 is 5.32 Å². The van der Waals surface area contributed by atoms with Crippen molar-refractivity contribution in [3.05, 3.63) is 89.5 Å². The highest BCUT2D eigenvalue weighted by molar-refractivity contribution is 7.99. The number of amides is 1. The summed E-state index contributed by atoms with van der Waals surface area (Å²) < 4.78 is 2.02. The number of aryl methyl sites for hydroxylation is 2. The lowest BCUT2D eigenvalue weighted by Gasteiger charge is -2.12. The lowest BCUT2D eigenvalue weighted by molar-refractivity contribution is -0.113. The molecule has 1 heterocycles. The molecule has 4 aromatic rings. The number of carbonyl (C=O) groups is 1. The minimum Gasteiger partial charge on any atom is -0.325 e. The van der Waals surface area contributed by atoms with Gasteiger partial charge in [-0.05, 0) is 56.0 Å². The van der Waals surface area contributed by atoms with Crippen molar-refractivity contribution in [2.75, 3.05) is 11.1 Å². The highest BCUT2D eigenvalue weighted by Crippen LogP contribution is 2.28. The molecular weight excluding hydrogens is 440 g/mol. The molecule has 34 heavy (non-hydrogen) atoms. The average molecular weight is 471 g/mol. The van der Waals surface area contributed by atoms with Crippen molar-refractivity contribution < 1.29 is 4.79 Å². The SMILES string of the molecule is CCC(C)c1ccc(NC(=O)CSc2nnc(-c3ccc(C)cc3)n2-c2ccc(C)cc2)cc1. The summed E-state index contributed by atoms with van der Waals surface area (Å²) in [6.45, 7) is 8.51. The number of nitrogens with zero attached hydrogens (tertiary/aromatic N) is 3. The molecule has 0 aliphatic carbocycles. The molecule has 1 amide bonds. The van der Waals surface area contributed by atoms with Crippen LogP contribution in [0.3, 0.4) is 0 Å². The number of benzene rings is 3. The van der Waals surface area contributed by atoms with Gasteiger partial charge in [0.15, 0.2) is 11.0 Å². The Morgan fingerprint density at radius 1 is 0.912 bits per heavy atom. The molecule has 3 aromatic carbocycles. The maximum atomic E-state index is 12.7. The van der Waals surface area contributed by atoms with E-state index in [4.69, 9.17) is 0 Å². The summed E-state index contributed by atoms with van der Waals surface area (Å²) in [6, 6.07) is 24.6. The topological polar surface area (TPSA) is 59.8 Å². The second kappa shape index (κ2) is 10.7.